The predicted molar refractivity (Wildman–Crippen MR) is 162 cm³/mol. The van der Waals surface area contributed by atoms with Gasteiger partial charge in [0.25, 0.3) is 5.91 Å². The van der Waals surface area contributed by atoms with Crippen molar-refractivity contribution in [3.8, 4) is 11.4 Å². The Morgan fingerprint density at radius 3 is 2.41 bits per heavy atom. The van der Waals surface area contributed by atoms with Crippen LogP contribution < -0.4 is 15.4 Å². The number of urea groups is 1. The van der Waals surface area contributed by atoms with E-state index in [4.69, 9.17) is 4.74 Å². The summed E-state index contributed by atoms with van der Waals surface area (Å²) in [5, 5.41) is 5.33. The fourth-order valence-corrected chi connectivity index (χ4v) is 4.97. The molecule has 0 atom stereocenters. The highest BCUT2D eigenvalue weighted by molar-refractivity contribution is 9.10. The number of carbonyl (C=O) groups excluding carboxylic acids is 3. The molecule has 5 rings (SSSR count). The number of anilines is 1. The van der Waals surface area contributed by atoms with Gasteiger partial charge < -0.3 is 19.9 Å². The average Bonchev–Trinajstić information content (AvgIpc) is 3.37. The van der Waals surface area contributed by atoms with Crippen LogP contribution in [0.4, 0.5) is 10.5 Å². The normalized spacial score (nSPS) is 14.0. The zero-order valence-corrected chi connectivity index (χ0v) is 24.5. The molecule has 0 bridgehead atoms. The van der Waals surface area contributed by atoms with Crippen LogP contribution in [0.3, 0.4) is 0 Å². The summed E-state index contributed by atoms with van der Waals surface area (Å²) < 4.78 is 9.02. The number of carbonyl (C=O) groups is 3. The van der Waals surface area contributed by atoms with Crippen molar-refractivity contribution >= 4 is 45.5 Å². The van der Waals surface area contributed by atoms with Crippen LogP contribution in [-0.2, 0) is 16.2 Å². The summed E-state index contributed by atoms with van der Waals surface area (Å²) in [6.45, 7) is 5.92. The second-order valence-electron chi connectivity index (χ2n) is 9.87. The predicted octanol–water partition coefficient (Wildman–Crippen LogP) is 6.28. The standard InChI is InChI=1S/C32H29BrN4O4/c1-20-5-4-6-26(15-20)34-30(38)18-36-31(39)29(35-32(36)40)17-24-16-21(2)37(22(24)3)27-11-13-28(14-12-27)41-19-23-7-9-25(33)10-8-23/h4-17H,18-19H2,1-3H3,(H,34,38)(H,35,40)/b29-17+. The highest BCUT2D eigenvalue weighted by atomic mass is 79.9. The van der Waals surface area contributed by atoms with E-state index in [2.05, 4.69) is 31.1 Å². The third-order valence-electron chi connectivity index (χ3n) is 6.75. The van der Waals surface area contributed by atoms with E-state index < -0.39 is 17.8 Å². The summed E-state index contributed by atoms with van der Waals surface area (Å²) in [6.07, 6.45) is 1.65. The summed E-state index contributed by atoms with van der Waals surface area (Å²) in [5.74, 6) is -0.249. The molecule has 0 aliphatic carbocycles. The largest absolute Gasteiger partial charge is 0.489 e. The van der Waals surface area contributed by atoms with E-state index in [-0.39, 0.29) is 12.2 Å². The maximum atomic E-state index is 13.0. The van der Waals surface area contributed by atoms with Gasteiger partial charge in [0.1, 0.15) is 24.6 Å². The molecule has 1 aliphatic rings. The Morgan fingerprint density at radius 2 is 1.71 bits per heavy atom. The third kappa shape index (κ3) is 6.41. The molecule has 41 heavy (non-hydrogen) atoms. The van der Waals surface area contributed by atoms with Gasteiger partial charge in [-0.05, 0) is 98.1 Å². The third-order valence-corrected chi connectivity index (χ3v) is 7.28. The van der Waals surface area contributed by atoms with Gasteiger partial charge in [0.05, 0.1) is 0 Å². The van der Waals surface area contributed by atoms with Crippen molar-refractivity contribution in [1.29, 1.82) is 0 Å². The van der Waals surface area contributed by atoms with Crippen LogP contribution in [0.15, 0.2) is 89.0 Å². The van der Waals surface area contributed by atoms with Crippen LogP contribution in [0, 0.1) is 20.8 Å². The first-order valence-electron chi connectivity index (χ1n) is 13.1. The summed E-state index contributed by atoms with van der Waals surface area (Å²) in [5.41, 5.74) is 6.38. The van der Waals surface area contributed by atoms with Crippen LogP contribution in [0.1, 0.15) is 28.1 Å². The minimum Gasteiger partial charge on any atom is -0.489 e. The molecule has 1 aliphatic heterocycles. The number of imide groups is 1. The topological polar surface area (TPSA) is 92.7 Å². The van der Waals surface area contributed by atoms with Crippen molar-refractivity contribution in [3.63, 3.8) is 0 Å². The maximum Gasteiger partial charge on any atom is 0.329 e. The average molecular weight is 614 g/mol. The molecule has 4 amide bonds. The zero-order chi connectivity index (χ0) is 29.1. The number of hydrogen-bond donors (Lipinski definition) is 2. The number of benzene rings is 3. The van der Waals surface area contributed by atoms with Crippen LogP contribution in [0.2, 0.25) is 0 Å². The van der Waals surface area contributed by atoms with Crippen molar-refractivity contribution in [1.82, 2.24) is 14.8 Å². The molecule has 2 N–H and O–H groups in total. The molecule has 4 aromatic rings. The Hall–Kier alpha value is -4.63. The lowest BCUT2D eigenvalue weighted by Crippen LogP contribution is -2.38. The fraction of sp³-hybridized carbons (Fsp3) is 0.156. The van der Waals surface area contributed by atoms with Gasteiger partial charge in [-0.1, -0.05) is 40.2 Å². The quantitative estimate of drug-likeness (QED) is 0.181. The molecule has 0 radical (unpaired) electrons. The fourth-order valence-electron chi connectivity index (χ4n) is 4.71. The van der Waals surface area contributed by atoms with Gasteiger partial charge in [-0.25, -0.2) is 9.69 Å². The molecule has 208 valence electrons. The number of nitrogens with zero attached hydrogens (tertiary/aromatic N) is 2. The van der Waals surface area contributed by atoms with E-state index in [0.29, 0.717) is 12.3 Å². The van der Waals surface area contributed by atoms with Gasteiger partial charge in [-0.15, -0.1) is 0 Å². The number of amides is 4. The monoisotopic (exact) mass is 612 g/mol. The molecule has 3 aromatic carbocycles. The van der Waals surface area contributed by atoms with Gasteiger partial charge in [0, 0.05) is 27.2 Å². The zero-order valence-electron chi connectivity index (χ0n) is 22.9. The van der Waals surface area contributed by atoms with Crippen molar-refractivity contribution in [3.05, 3.63) is 117 Å². The Labute approximate surface area is 246 Å². The Kier molecular flexibility index (Phi) is 8.07. The summed E-state index contributed by atoms with van der Waals surface area (Å²) in [7, 11) is 0. The number of hydrogen-bond acceptors (Lipinski definition) is 4. The molecule has 0 spiro atoms. The van der Waals surface area contributed by atoms with Gasteiger partial charge in [0.15, 0.2) is 0 Å². The first kappa shape index (κ1) is 27.9. The van der Waals surface area contributed by atoms with E-state index in [9.17, 15) is 14.4 Å². The Morgan fingerprint density at radius 1 is 0.976 bits per heavy atom. The lowest BCUT2D eigenvalue weighted by Gasteiger charge is -2.12. The molecule has 9 heteroatoms. The molecule has 2 heterocycles. The van der Waals surface area contributed by atoms with Crippen molar-refractivity contribution in [2.24, 2.45) is 0 Å². The lowest BCUT2D eigenvalue weighted by molar-refractivity contribution is -0.127. The van der Waals surface area contributed by atoms with E-state index in [1.165, 1.54) is 0 Å². The first-order valence-corrected chi connectivity index (χ1v) is 13.8. The molecule has 8 nitrogen and oxygen atoms in total. The molecule has 0 unspecified atom stereocenters. The number of nitrogens with one attached hydrogen (secondary N) is 2. The summed E-state index contributed by atoms with van der Waals surface area (Å²) >= 11 is 3.44. The smallest absolute Gasteiger partial charge is 0.329 e. The first-order chi connectivity index (χ1) is 19.7. The highest BCUT2D eigenvalue weighted by Crippen LogP contribution is 2.26. The Balaban J connectivity index is 1.27. The molecule has 1 saturated heterocycles. The SMILES string of the molecule is Cc1cccc(NC(=O)CN2C(=O)N/C(=C/c3cc(C)n(-c4ccc(OCc5ccc(Br)cc5)cc4)c3C)C2=O)c1. The number of aromatic nitrogens is 1. The molecule has 1 aromatic heterocycles. The van der Waals surface area contributed by atoms with Crippen LogP contribution in [0.25, 0.3) is 11.8 Å². The van der Waals surface area contributed by atoms with Gasteiger partial charge >= 0.3 is 6.03 Å². The van der Waals surface area contributed by atoms with Gasteiger partial charge in [-0.3, -0.25) is 9.59 Å². The number of aryl methyl sites for hydroxylation is 2. The second kappa shape index (κ2) is 11.9. The molecule has 0 saturated carbocycles. The lowest BCUT2D eigenvalue weighted by atomic mass is 10.2. The summed E-state index contributed by atoms with van der Waals surface area (Å²) in [4.78, 5) is 39.0. The maximum absolute atomic E-state index is 13.0. The van der Waals surface area contributed by atoms with Crippen LogP contribution >= 0.6 is 15.9 Å². The van der Waals surface area contributed by atoms with Crippen molar-refractivity contribution in [2.75, 3.05) is 11.9 Å². The highest BCUT2D eigenvalue weighted by Gasteiger charge is 2.35. The minimum atomic E-state index is -0.631. The van der Waals surface area contributed by atoms with Gasteiger partial charge in [-0.2, -0.15) is 0 Å². The summed E-state index contributed by atoms with van der Waals surface area (Å²) in [6, 6.07) is 24.4. The molecular formula is C32H29BrN4O4. The molecule has 1 fully saturated rings. The number of rotatable bonds is 8. The van der Waals surface area contributed by atoms with Crippen LogP contribution in [0.5, 0.6) is 5.75 Å². The van der Waals surface area contributed by atoms with E-state index in [1.54, 1.807) is 12.1 Å². The van der Waals surface area contributed by atoms with Crippen molar-refractivity contribution in [2.45, 2.75) is 27.4 Å². The van der Waals surface area contributed by atoms with Crippen LogP contribution in [-0.4, -0.2) is 33.9 Å². The number of ether oxygens (including phenoxy) is 1. The van der Waals surface area contributed by atoms with Gasteiger partial charge in [0.2, 0.25) is 5.91 Å². The Bertz CT molecular complexity index is 1660. The number of halogens is 1. The second-order valence-corrected chi connectivity index (χ2v) is 10.8. The van der Waals surface area contributed by atoms with E-state index in [0.717, 1.165) is 48.9 Å². The molecular weight excluding hydrogens is 584 g/mol. The minimum absolute atomic E-state index is 0.121. The van der Waals surface area contributed by atoms with Crippen molar-refractivity contribution < 1.29 is 19.1 Å². The van der Waals surface area contributed by atoms with E-state index >= 15 is 0 Å². The van der Waals surface area contributed by atoms with E-state index in [1.807, 2.05) is 93.6 Å².